The molecule has 3 heteroatoms. The molecule has 3 nitrogen and oxygen atoms in total. The molecule has 1 saturated carbocycles. The van der Waals surface area contributed by atoms with E-state index in [1.165, 1.54) is 19.3 Å². The summed E-state index contributed by atoms with van der Waals surface area (Å²) in [5, 5.41) is 3.35. The van der Waals surface area contributed by atoms with Gasteiger partial charge in [0.25, 0.3) is 0 Å². The molecule has 0 aliphatic heterocycles. The summed E-state index contributed by atoms with van der Waals surface area (Å²) in [6, 6.07) is 4.54. The number of hydrogen-bond donors (Lipinski definition) is 1. The lowest BCUT2D eigenvalue weighted by atomic mass is 9.86. The summed E-state index contributed by atoms with van der Waals surface area (Å²) < 4.78 is 5.71. The molecule has 0 unspecified atom stereocenters. The summed E-state index contributed by atoms with van der Waals surface area (Å²) in [7, 11) is 0. The van der Waals surface area contributed by atoms with Crippen LogP contribution in [0.1, 0.15) is 38.8 Å². The summed E-state index contributed by atoms with van der Waals surface area (Å²) in [6.07, 6.45) is 5.84. The topological polar surface area (TPSA) is 34.1 Å². The highest BCUT2D eigenvalue weighted by Crippen LogP contribution is 2.26. The molecule has 94 valence electrons. The van der Waals surface area contributed by atoms with Gasteiger partial charge < -0.3 is 10.1 Å². The average Bonchev–Trinajstić information content (AvgIpc) is 2.26. The first-order valence-electron chi connectivity index (χ1n) is 6.55. The van der Waals surface area contributed by atoms with E-state index in [1.807, 2.05) is 18.3 Å². The van der Waals surface area contributed by atoms with Gasteiger partial charge in [0.2, 0.25) is 0 Å². The Kier molecular flexibility index (Phi) is 4.37. The molecule has 1 aliphatic carbocycles. The van der Waals surface area contributed by atoms with Crippen molar-refractivity contribution in [3.05, 3.63) is 24.0 Å². The zero-order chi connectivity index (χ0) is 12.1. The van der Waals surface area contributed by atoms with Crippen molar-refractivity contribution in [2.24, 2.45) is 5.92 Å². The minimum Gasteiger partial charge on any atom is -0.492 e. The molecule has 1 N–H and O–H groups in total. The normalized spacial score (nSPS) is 15.9. The van der Waals surface area contributed by atoms with E-state index in [1.54, 1.807) is 0 Å². The lowest BCUT2D eigenvalue weighted by Gasteiger charge is -2.25. The number of nitrogens with zero attached hydrogens (tertiary/aromatic N) is 1. The smallest absolute Gasteiger partial charge is 0.137 e. The number of ether oxygens (including phenoxy) is 1. The molecule has 0 aromatic carbocycles. The van der Waals surface area contributed by atoms with Gasteiger partial charge in [-0.1, -0.05) is 20.3 Å². The van der Waals surface area contributed by atoms with Gasteiger partial charge in [-0.25, -0.2) is 0 Å². The Hall–Kier alpha value is -1.09. The van der Waals surface area contributed by atoms with Gasteiger partial charge in [-0.2, -0.15) is 0 Å². The predicted octanol–water partition coefficient (Wildman–Crippen LogP) is 2.76. The number of nitrogens with one attached hydrogen (secondary N) is 1. The van der Waals surface area contributed by atoms with Gasteiger partial charge in [0.05, 0.1) is 18.5 Å². The minimum atomic E-state index is 0.492. The van der Waals surface area contributed by atoms with Crippen LogP contribution in [-0.2, 0) is 6.54 Å². The first-order valence-corrected chi connectivity index (χ1v) is 6.55. The second-order valence-electron chi connectivity index (χ2n) is 5.13. The van der Waals surface area contributed by atoms with E-state index in [2.05, 4.69) is 24.1 Å². The van der Waals surface area contributed by atoms with Gasteiger partial charge in [-0.15, -0.1) is 0 Å². The second-order valence-corrected chi connectivity index (χ2v) is 5.13. The van der Waals surface area contributed by atoms with Crippen LogP contribution < -0.4 is 10.1 Å². The summed E-state index contributed by atoms with van der Waals surface area (Å²) in [5.41, 5.74) is 1.06. The van der Waals surface area contributed by atoms with Crippen LogP contribution in [0.15, 0.2) is 18.3 Å². The molecule has 0 atom stereocenters. The van der Waals surface area contributed by atoms with Crippen LogP contribution in [-0.4, -0.2) is 17.6 Å². The lowest BCUT2D eigenvalue weighted by molar-refractivity contribution is 0.180. The van der Waals surface area contributed by atoms with Crippen molar-refractivity contribution >= 4 is 0 Å². The predicted molar refractivity (Wildman–Crippen MR) is 69.0 cm³/mol. The Bertz CT molecular complexity index is 331. The molecule has 0 amide bonds. The van der Waals surface area contributed by atoms with Crippen molar-refractivity contribution in [3.63, 3.8) is 0 Å². The highest BCUT2D eigenvalue weighted by molar-refractivity contribution is 5.19. The van der Waals surface area contributed by atoms with Crippen LogP contribution in [0.2, 0.25) is 0 Å². The molecule has 1 heterocycles. The van der Waals surface area contributed by atoms with Crippen LogP contribution in [0.4, 0.5) is 0 Å². The fourth-order valence-electron chi connectivity index (χ4n) is 1.78. The van der Waals surface area contributed by atoms with Crippen LogP contribution in [0, 0.1) is 5.92 Å². The Morgan fingerprint density at radius 1 is 1.41 bits per heavy atom. The van der Waals surface area contributed by atoms with Crippen molar-refractivity contribution in [3.8, 4) is 5.75 Å². The van der Waals surface area contributed by atoms with Gasteiger partial charge in [-0.3, -0.25) is 4.98 Å². The summed E-state index contributed by atoms with van der Waals surface area (Å²) in [6.45, 7) is 5.94. The zero-order valence-electron chi connectivity index (χ0n) is 10.8. The summed E-state index contributed by atoms with van der Waals surface area (Å²) in [4.78, 5) is 4.38. The van der Waals surface area contributed by atoms with E-state index in [4.69, 9.17) is 4.74 Å². The van der Waals surface area contributed by atoms with Gasteiger partial charge >= 0.3 is 0 Å². The van der Waals surface area contributed by atoms with Crippen LogP contribution in [0.5, 0.6) is 5.75 Å². The third-order valence-corrected chi connectivity index (χ3v) is 3.20. The Balaban J connectivity index is 1.76. The number of hydrogen-bond acceptors (Lipinski definition) is 3. The standard InChI is InChI=1S/C14H22N2O/c1-11(2)15-8-13-6-7-14(9-16-13)17-10-12-4-3-5-12/h6-7,9,11-12,15H,3-5,8,10H2,1-2H3. The van der Waals surface area contributed by atoms with Crippen molar-refractivity contribution < 1.29 is 4.74 Å². The fraction of sp³-hybridized carbons (Fsp3) is 0.643. The largest absolute Gasteiger partial charge is 0.492 e. The van der Waals surface area contributed by atoms with E-state index in [0.29, 0.717) is 6.04 Å². The maximum absolute atomic E-state index is 5.71. The maximum atomic E-state index is 5.71. The van der Waals surface area contributed by atoms with E-state index >= 15 is 0 Å². The van der Waals surface area contributed by atoms with Crippen molar-refractivity contribution in [1.82, 2.24) is 10.3 Å². The number of rotatable bonds is 6. The first kappa shape index (κ1) is 12.4. The fourth-order valence-corrected chi connectivity index (χ4v) is 1.78. The van der Waals surface area contributed by atoms with E-state index < -0.39 is 0 Å². The highest BCUT2D eigenvalue weighted by Gasteiger charge is 2.17. The molecule has 1 aromatic rings. The summed E-state index contributed by atoms with van der Waals surface area (Å²) in [5.74, 6) is 1.67. The molecule has 1 aromatic heterocycles. The highest BCUT2D eigenvalue weighted by atomic mass is 16.5. The maximum Gasteiger partial charge on any atom is 0.137 e. The van der Waals surface area contributed by atoms with Crippen LogP contribution in [0.3, 0.4) is 0 Å². The van der Waals surface area contributed by atoms with E-state index in [0.717, 1.165) is 30.5 Å². The van der Waals surface area contributed by atoms with Crippen LogP contribution >= 0.6 is 0 Å². The molecule has 1 fully saturated rings. The molecular formula is C14H22N2O. The van der Waals surface area contributed by atoms with Gasteiger partial charge in [-0.05, 0) is 30.9 Å². The SMILES string of the molecule is CC(C)NCc1ccc(OCC2CCC2)cn1. The average molecular weight is 234 g/mol. The third kappa shape index (κ3) is 4.00. The monoisotopic (exact) mass is 234 g/mol. The molecule has 0 spiro atoms. The number of aromatic nitrogens is 1. The number of pyridine rings is 1. The van der Waals surface area contributed by atoms with E-state index in [9.17, 15) is 0 Å². The lowest BCUT2D eigenvalue weighted by Crippen LogP contribution is -2.22. The van der Waals surface area contributed by atoms with E-state index in [-0.39, 0.29) is 0 Å². The molecule has 17 heavy (non-hydrogen) atoms. The molecular weight excluding hydrogens is 212 g/mol. The second kappa shape index (κ2) is 6.01. The van der Waals surface area contributed by atoms with Crippen molar-refractivity contribution in [2.45, 2.75) is 45.7 Å². The first-order chi connectivity index (χ1) is 8.24. The quantitative estimate of drug-likeness (QED) is 0.822. The van der Waals surface area contributed by atoms with Gasteiger partial charge in [0.1, 0.15) is 5.75 Å². The molecule has 0 bridgehead atoms. The van der Waals surface area contributed by atoms with Crippen molar-refractivity contribution in [2.75, 3.05) is 6.61 Å². The zero-order valence-corrected chi connectivity index (χ0v) is 10.8. The third-order valence-electron chi connectivity index (χ3n) is 3.20. The Labute approximate surface area is 104 Å². The molecule has 0 radical (unpaired) electrons. The molecule has 1 aliphatic rings. The molecule has 0 saturated heterocycles. The van der Waals surface area contributed by atoms with Crippen LogP contribution in [0.25, 0.3) is 0 Å². The Morgan fingerprint density at radius 3 is 2.76 bits per heavy atom. The van der Waals surface area contributed by atoms with Gasteiger partial charge in [0, 0.05) is 12.6 Å². The Morgan fingerprint density at radius 2 is 2.24 bits per heavy atom. The summed E-state index contributed by atoms with van der Waals surface area (Å²) >= 11 is 0. The molecule has 2 rings (SSSR count). The minimum absolute atomic E-state index is 0.492. The van der Waals surface area contributed by atoms with Crippen molar-refractivity contribution in [1.29, 1.82) is 0 Å². The van der Waals surface area contributed by atoms with Gasteiger partial charge in [0.15, 0.2) is 0 Å².